The number of aryl methyl sites for hydroxylation is 1. The second-order valence-electron chi connectivity index (χ2n) is 7.59. The van der Waals surface area contributed by atoms with Crippen LogP contribution in [-0.4, -0.2) is 68.3 Å². The fourth-order valence-electron chi connectivity index (χ4n) is 2.81. The molecule has 1 N–H and O–H groups in total. The Hall–Kier alpha value is -2.88. The second kappa shape index (κ2) is 11.7. The molecule has 0 atom stereocenters. The van der Waals surface area contributed by atoms with Crippen LogP contribution in [0.25, 0.3) is 16.8 Å². The lowest BCUT2D eigenvalue weighted by molar-refractivity contribution is 0.273. The highest BCUT2D eigenvalue weighted by atomic mass is 32.2. The molecule has 0 radical (unpaired) electrons. The fraction of sp³-hybridized carbons (Fsp3) is 0.348. The molecule has 2 aromatic carbocycles. The summed E-state index contributed by atoms with van der Waals surface area (Å²) < 4.78 is 39.0. The van der Waals surface area contributed by atoms with Crippen LogP contribution in [0.3, 0.4) is 0 Å². The molecule has 0 aliphatic heterocycles. The minimum Gasteiger partial charge on any atom is -0.497 e. The van der Waals surface area contributed by atoms with Gasteiger partial charge in [-0.05, 0) is 57.3 Å². The molecule has 0 saturated carbocycles. The van der Waals surface area contributed by atoms with Gasteiger partial charge >= 0.3 is 0 Å². The van der Waals surface area contributed by atoms with Crippen LogP contribution in [0.1, 0.15) is 12.0 Å². The van der Waals surface area contributed by atoms with Crippen molar-refractivity contribution in [2.24, 2.45) is 0 Å². The molecule has 9 heteroatoms. The Balaban J connectivity index is 0.000000654. The quantitative estimate of drug-likeness (QED) is 0.404. The van der Waals surface area contributed by atoms with Crippen molar-refractivity contribution in [1.82, 2.24) is 14.7 Å². The second-order valence-corrected chi connectivity index (χ2v) is 9.06. The summed E-state index contributed by atoms with van der Waals surface area (Å²) >= 11 is 0. The molecule has 0 aliphatic carbocycles. The Bertz CT molecular complexity index is 1070. The number of hydrogen-bond donors (Lipinski definition) is 1. The van der Waals surface area contributed by atoms with Gasteiger partial charge < -0.3 is 14.4 Å². The number of methoxy groups -OCH3 is 1. The van der Waals surface area contributed by atoms with E-state index < -0.39 is 10.1 Å². The SMILES string of the molecule is COc1ccc(-c2cn(-c3ccc(C)cc3)nc2OCCCN(C)C)cc1.CS(=O)(=O)O. The average molecular weight is 462 g/mol. The van der Waals surface area contributed by atoms with Gasteiger partial charge in [-0.15, -0.1) is 5.10 Å². The van der Waals surface area contributed by atoms with Gasteiger partial charge in [0.15, 0.2) is 0 Å². The zero-order chi connectivity index (χ0) is 23.7. The first-order valence-corrected chi connectivity index (χ1v) is 11.9. The number of hydrogen-bond acceptors (Lipinski definition) is 6. The van der Waals surface area contributed by atoms with Crippen LogP contribution in [0.15, 0.2) is 54.7 Å². The maximum atomic E-state index is 9.19. The summed E-state index contributed by atoms with van der Waals surface area (Å²) in [6.45, 7) is 3.69. The highest BCUT2D eigenvalue weighted by Gasteiger charge is 2.14. The third-order valence-electron chi connectivity index (χ3n) is 4.37. The molecule has 0 aliphatic rings. The van der Waals surface area contributed by atoms with Crippen molar-refractivity contribution in [3.63, 3.8) is 0 Å². The highest BCUT2D eigenvalue weighted by molar-refractivity contribution is 7.85. The van der Waals surface area contributed by atoms with Gasteiger partial charge in [0.05, 0.1) is 31.2 Å². The molecule has 3 rings (SSSR count). The Morgan fingerprint density at radius 1 is 1.06 bits per heavy atom. The minimum absolute atomic E-state index is 0.631. The van der Waals surface area contributed by atoms with Crippen LogP contribution in [0.2, 0.25) is 0 Å². The summed E-state index contributed by atoms with van der Waals surface area (Å²) in [5.41, 5.74) is 4.26. The molecular formula is C23H31N3O5S. The van der Waals surface area contributed by atoms with Gasteiger partial charge in [0.1, 0.15) is 5.75 Å². The van der Waals surface area contributed by atoms with E-state index >= 15 is 0 Å². The van der Waals surface area contributed by atoms with Gasteiger partial charge in [-0.1, -0.05) is 29.8 Å². The van der Waals surface area contributed by atoms with Crippen molar-refractivity contribution < 1.29 is 22.4 Å². The lowest BCUT2D eigenvalue weighted by Crippen LogP contribution is -2.15. The Morgan fingerprint density at radius 3 is 2.19 bits per heavy atom. The van der Waals surface area contributed by atoms with Gasteiger partial charge in [-0.3, -0.25) is 4.55 Å². The average Bonchev–Trinajstić information content (AvgIpc) is 3.14. The third kappa shape index (κ3) is 8.70. The van der Waals surface area contributed by atoms with E-state index in [4.69, 9.17) is 19.1 Å². The first-order chi connectivity index (χ1) is 15.1. The normalized spacial score (nSPS) is 11.1. The summed E-state index contributed by atoms with van der Waals surface area (Å²) in [4.78, 5) is 2.15. The van der Waals surface area contributed by atoms with Crippen molar-refractivity contribution in [3.8, 4) is 28.4 Å². The van der Waals surface area contributed by atoms with Crippen LogP contribution in [0.4, 0.5) is 0 Å². The number of ether oxygens (including phenoxy) is 2. The van der Waals surface area contributed by atoms with E-state index in [1.165, 1.54) is 5.56 Å². The number of rotatable bonds is 8. The molecule has 0 unspecified atom stereocenters. The van der Waals surface area contributed by atoms with Gasteiger partial charge in [0.25, 0.3) is 10.1 Å². The van der Waals surface area contributed by atoms with Crippen molar-refractivity contribution in [2.45, 2.75) is 13.3 Å². The lowest BCUT2D eigenvalue weighted by atomic mass is 10.1. The maximum Gasteiger partial charge on any atom is 0.261 e. The van der Waals surface area contributed by atoms with Crippen LogP contribution < -0.4 is 9.47 Å². The molecule has 0 amide bonds. The molecule has 0 saturated heterocycles. The Morgan fingerprint density at radius 2 is 1.66 bits per heavy atom. The predicted molar refractivity (Wildman–Crippen MR) is 126 cm³/mol. The molecular weight excluding hydrogens is 430 g/mol. The fourth-order valence-corrected chi connectivity index (χ4v) is 2.81. The Kier molecular flexibility index (Phi) is 9.25. The smallest absolute Gasteiger partial charge is 0.261 e. The molecule has 1 aromatic heterocycles. The van der Waals surface area contributed by atoms with Gasteiger partial charge in [0, 0.05) is 12.7 Å². The maximum absolute atomic E-state index is 9.19. The number of nitrogens with zero attached hydrogens (tertiary/aromatic N) is 3. The van der Waals surface area contributed by atoms with E-state index in [0.717, 1.165) is 35.5 Å². The monoisotopic (exact) mass is 461 g/mol. The van der Waals surface area contributed by atoms with Crippen LogP contribution in [0.5, 0.6) is 11.6 Å². The van der Waals surface area contributed by atoms with E-state index in [2.05, 4.69) is 50.2 Å². The van der Waals surface area contributed by atoms with Crippen LogP contribution >= 0.6 is 0 Å². The van der Waals surface area contributed by atoms with Crippen LogP contribution in [0, 0.1) is 6.92 Å². The van der Waals surface area contributed by atoms with Crippen molar-refractivity contribution in [2.75, 3.05) is 40.6 Å². The van der Waals surface area contributed by atoms with E-state index in [9.17, 15) is 8.42 Å². The summed E-state index contributed by atoms with van der Waals surface area (Å²) in [6, 6.07) is 16.3. The van der Waals surface area contributed by atoms with Gasteiger partial charge in [0.2, 0.25) is 5.88 Å². The zero-order valence-electron chi connectivity index (χ0n) is 19.1. The van der Waals surface area contributed by atoms with E-state index in [1.54, 1.807) is 7.11 Å². The number of aromatic nitrogens is 2. The molecule has 0 bridgehead atoms. The minimum atomic E-state index is -3.67. The molecule has 8 nitrogen and oxygen atoms in total. The molecule has 0 fully saturated rings. The van der Waals surface area contributed by atoms with Gasteiger partial charge in [-0.25, -0.2) is 4.68 Å². The summed E-state index contributed by atoms with van der Waals surface area (Å²) in [5.74, 6) is 1.48. The third-order valence-corrected chi connectivity index (χ3v) is 4.37. The van der Waals surface area contributed by atoms with E-state index in [-0.39, 0.29) is 0 Å². The summed E-state index contributed by atoms with van der Waals surface area (Å²) in [5, 5.41) is 4.70. The molecule has 32 heavy (non-hydrogen) atoms. The lowest BCUT2D eigenvalue weighted by Gasteiger charge is -2.10. The van der Waals surface area contributed by atoms with E-state index in [1.807, 2.05) is 35.1 Å². The van der Waals surface area contributed by atoms with Gasteiger partial charge in [-0.2, -0.15) is 8.42 Å². The van der Waals surface area contributed by atoms with Crippen molar-refractivity contribution in [1.29, 1.82) is 0 Å². The van der Waals surface area contributed by atoms with E-state index in [0.29, 0.717) is 18.7 Å². The first-order valence-electron chi connectivity index (χ1n) is 10.1. The predicted octanol–water partition coefficient (Wildman–Crippen LogP) is 3.69. The topological polar surface area (TPSA) is 93.9 Å². The standard InChI is InChI=1S/C22H27N3O2.CH4O3S/c1-17-6-10-19(11-7-17)25-16-21(18-8-12-20(26-4)13-9-18)22(23-25)27-15-5-14-24(2)3;1-5(2,3)4/h6-13,16H,5,14-15H2,1-4H3;1H3,(H,2,3,4). The van der Waals surface area contributed by atoms with Crippen molar-refractivity contribution >= 4 is 10.1 Å². The summed E-state index contributed by atoms with van der Waals surface area (Å²) in [6.07, 6.45) is 3.69. The molecule has 1 heterocycles. The first kappa shape index (κ1) is 25.4. The summed E-state index contributed by atoms with van der Waals surface area (Å²) in [7, 11) is 2.13. The van der Waals surface area contributed by atoms with Crippen molar-refractivity contribution in [3.05, 3.63) is 60.3 Å². The van der Waals surface area contributed by atoms with Crippen LogP contribution in [-0.2, 0) is 10.1 Å². The Labute approximate surface area is 190 Å². The molecule has 0 spiro atoms. The number of benzene rings is 2. The molecule has 3 aromatic rings. The largest absolute Gasteiger partial charge is 0.497 e. The zero-order valence-corrected chi connectivity index (χ0v) is 20.0. The highest BCUT2D eigenvalue weighted by Crippen LogP contribution is 2.31. The molecule has 174 valence electrons.